The highest BCUT2D eigenvalue weighted by Gasteiger charge is 2.14. The van der Waals surface area contributed by atoms with Crippen LogP contribution in [0.3, 0.4) is 0 Å². The van der Waals surface area contributed by atoms with Gasteiger partial charge >= 0.3 is 10.8 Å². The van der Waals surface area contributed by atoms with E-state index in [0.717, 1.165) is 22.5 Å². The number of benzene rings is 1. The Morgan fingerprint density at radius 3 is 2.56 bits per heavy atom. The summed E-state index contributed by atoms with van der Waals surface area (Å²) in [5.74, 6) is -0.994. The van der Waals surface area contributed by atoms with Crippen LogP contribution in [-0.2, 0) is 20.9 Å². The monoisotopic (exact) mass is 362 g/mol. The summed E-state index contributed by atoms with van der Waals surface area (Å²) in [7, 11) is 0. The highest BCUT2D eigenvalue weighted by Crippen LogP contribution is 2.16. The molecule has 1 atom stereocenters. The van der Waals surface area contributed by atoms with Crippen LogP contribution in [0, 0.1) is 20.8 Å². The fourth-order valence-electron chi connectivity index (χ4n) is 2.32. The average molecular weight is 362 g/mol. The van der Waals surface area contributed by atoms with E-state index in [4.69, 9.17) is 4.74 Å². The standard InChI is InChI=1S/C18H22N2O4S/c1-11-5-6-15(7-12(11)2)14(4)19-16(21)9-24-17(22)8-20-13(3)10-25-18(20)23/h5-7,10,14H,8-9H2,1-4H3,(H,19,21)/t14-/m1/s1. The highest BCUT2D eigenvalue weighted by molar-refractivity contribution is 7.07. The van der Waals surface area contributed by atoms with Crippen LogP contribution in [0.4, 0.5) is 0 Å². The molecule has 2 aromatic rings. The molecule has 0 fully saturated rings. The van der Waals surface area contributed by atoms with Crippen LogP contribution in [0.2, 0.25) is 0 Å². The molecular formula is C18H22N2O4S. The lowest BCUT2D eigenvalue weighted by Crippen LogP contribution is -2.32. The van der Waals surface area contributed by atoms with Crippen molar-refractivity contribution >= 4 is 23.2 Å². The van der Waals surface area contributed by atoms with Gasteiger partial charge in [-0.2, -0.15) is 0 Å². The number of esters is 1. The molecule has 1 amide bonds. The molecule has 1 aromatic carbocycles. The van der Waals surface area contributed by atoms with E-state index in [2.05, 4.69) is 5.32 Å². The van der Waals surface area contributed by atoms with Gasteiger partial charge in [0.05, 0.1) is 6.04 Å². The largest absolute Gasteiger partial charge is 0.454 e. The van der Waals surface area contributed by atoms with E-state index in [9.17, 15) is 14.4 Å². The molecule has 1 heterocycles. The lowest BCUT2D eigenvalue weighted by molar-refractivity contribution is -0.149. The summed E-state index contributed by atoms with van der Waals surface area (Å²) >= 11 is 1.03. The van der Waals surface area contributed by atoms with Crippen molar-refractivity contribution in [2.75, 3.05) is 6.61 Å². The first-order valence-electron chi connectivity index (χ1n) is 7.95. The van der Waals surface area contributed by atoms with Crippen LogP contribution in [-0.4, -0.2) is 23.1 Å². The molecule has 0 saturated heterocycles. The Labute approximate surface area is 150 Å². The van der Waals surface area contributed by atoms with Gasteiger partial charge in [-0.25, -0.2) is 0 Å². The quantitative estimate of drug-likeness (QED) is 0.800. The number of nitrogens with zero attached hydrogens (tertiary/aromatic N) is 1. The summed E-state index contributed by atoms with van der Waals surface area (Å²) in [6, 6.07) is 5.81. The van der Waals surface area contributed by atoms with Crippen LogP contribution < -0.4 is 10.2 Å². The second-order valence-corrected chi connectivity index (χ2v) is 6.84. The topological polar surface area (TPSA) is 77.4 Å². The van der Waals surface area contributed by atoms with Crippen molar-refractivity contribution in [3.63, 3.8) is 0 Å². The molecule has 1 N–H and O–H groups in total. The third kappa shape index (κ3) is 5.03. The number of ether oxygens (including phenoxy) is 1. The Morgan fingerprint density at radius 2 is 1.96 bits per heavy atom. The van der Waals surface area contributed by atoms with Crippen LogP contribution >= 0.6 is 11.3 Å². The number of aromatic nitrogens is 1. The molecule has 0 bridgehead atoms. The van der Waals surface area contributed by atoms with Crippen molar-refractivity contribution in [1.82, 2.24) is 9.88 Å². The smallest absolute Gasteiger partial charge is 0.326 e. The second-order valence-electron chi connectivity index (χ2n) is 6.02. The van der Waals surface area contributed by atoms with E-state index in [1.165, 1.54) is 10.1 Å². The van der Waals surface area contributed by atoms with E-state index >= 15 is 0 Å². The fraction of sp³-hybridized carbons (Fsp3) is 0.389. The van der Waals surface area contributed by atoms with E-state index in [-0.39, 0.29) is 30.0 Å². The molecule has 2 rings (SSSR count). The number of rotatable bonds is 6. The lowest BCUT2D eigenvalue weighted by atomic mass is 10.0. The molecule has 0 aliphatic carbocycles. The Bertz CT molecular complexity index is 838. The molecule has 6 nitrogen and oxygen atoms in total. The number of hydrogen-bond acceptors (Lipinski definition) is 5. The summed E-state index contributed by atoms with van der Waals surface area (Å²) in [6.45, 7) is 7.10. The molecule has 0 aliphatic rings. The molecule has 25 heavy (non-hydrogen) atoms. The van der Waals surface area contributed by atoms with Crippen molar-refractivity contribution < 1.29 is 14.3 Å². The summed E-state index contributed by atoms with van der Waals surface area (Å²) in [4.78, 5) is 35.1. The summed E-state index contributed by atoms with van der Waals surface area (Å²) in [6.07, 6.45) is 0. The third-order valence-electron chi connectivity index (χ3n) is 4.04. The predicted molar refractivity (Wildman–Crippen MR) is 96.7 cm³/mol. The molecule has 1 aromatic heterocycles. The molecule has 0 unspecified atom stereocenters. The minimum atomic E-state index is -0.613. The number of carbonyl (C=O) groups is 2. The maximum absolute atomic E-state index is 12.0. The van der Waals surface area contributed by atoms with Gasteiger partial charge < -0.3 is 10.1 Å². The van der Waals surface area contributed by atoms with E-state index in [1.54, 1.807) is 12.3 Å². The van der Waals surface area contributed by atoms with Crippen molar-refractivity contribution in [1.29, 1.82) is 0 Å². The fourth-order valence-corrected chi connectivity index (χ4v) is 3.05. The summed E-state index contributed by atoms with van der Waals surface area (Å²) in [5, 5.41) is 4.47. The molecule has 0 radical (unpaired) electrons. The molecular weight excluding hydrogens is 340 g/mol. The zero-order valence-corrected chi connectivity index (χ0v) is 15.6. The van der Waals surface area contributed by atoms with Gasteiger partial charge in [0.15, 0.2) is 6.61 Å². The first kappa shape index (κ1) is 18.9. The zero-order valence-electron chi connectivity index (χ0n) is 14.8. The molecule has 7 heteroatoms. The first-order chi connectivity index (χ1) is 11.8. The Hall–Kier alpha value is -2.41. The van der Waals surface area contributed by atoms with Gasteiger partial charge in [0, 0.05) is 11.1 Å². The number of nitrogens with one attached hydrogen (secondary N) is 1. The van der Waals surface area contributed by atoms with Crippen LogP contribution in [0.15, 0.2) is 28.4 Å². The van der Waals surface area contributed by atoms with Crippen molar-refractivity contribution in [2.45, 2.75) is 40.3 Å². The Morgan fingerprint density at radius 1 is 1.24 bits per heavy atom. The molecule has 0 aliphatic heterocycles. The minimum absolute atomic E-state index is 0.186. The van der Waals surface area contributed by atoms with Crippen LogP contribution in [0.5, 0.6) is 0 Å². The van der Waals surface area contributed by atoms with Crippen molar-refractivity contribution in [2.24, 2.45) is 0 Å². The maximum atomic E-state index is 12.0. The van der Waals surface area contributed by atoms with E-state index in [0.29, 0.717) is 5.69 Å². The van der Waals surface area contributed by atoms with Gasteiger partial charge in [-0.1, -0.05) is 29.5 Å². The van der Waals surface area contributed by atoms with Gasteiger partial charge in [-0.15, -0.1) is 0 Å². The van der Waals surface area contributed by atoms with Crippen LogP contribution in [0.1, 0.15) is 35.3 Å². The number of amides is 1. The normalized spacial score (nSPS) is 11.8. The van der Waals surface area contributed by atoms with Crippen LogP contribution in [0.25, 0.3) is 0 Å². The van der Waals surface area contributed by atoms with Gasteiger partial charge in [-0.05, 0) is 44.4 Å². The van der Waals surface area contributed by atoms with Gasteiger partial charge in [0.25, 0.3) is 5.91 Å². The van der Waals surface area contributed by atoms with E-state index < -0.39 is 5.97 Å². The maximum Gasteiger partial charge on any atom is 0.326 e. The lowest BCUT2D eigenvalue weighted by Gasteiger charge is -2.16. The number of hydrogen-bond donors (Lipinski definition) is 1. The summed E-state index contributed by atoms with van der Waals surface area (Å²) < 4.78 is 6.28. The number of thiazole rings is 1. The van der Waals surface area contributed by atoms with Crippen molar-refractivity contribution in [3.8, 4) is 0 Å². The van der Waals surface area contributed by atoms with Gasteiger partial charge in [0.2, 0.25) is 0 Å². The van der Waals surface area contributed by atoms with Gasteiger partial charge in [-0.3, -0.25) is 19.0 Å². The minimum Gasteiger partial charge on any atom is -0.454 e. The molecule has 0 spiro atoms. The Balaban J connectivity index is 1.84. The molecule has 0 saturated carbocycles. The zero-order chi connectivity index (χ0) is 18.6. The molecule has 134 valence electrons. The SMILES string of the molecule is Cc1ccc([C@@H](C)NC(=O)COC(=O)Cn2c(C)csc2=O)cc1C. The van der Waals surface area contributed by atoms with Crippen molar-refractivity contribution in [3.05, 3.63) is 55.6 Å². The summed E-state index contributed by atoms with van der Waals surface area (Å²) in [5.41, 5.74) is 4.03. The second kappa shape index (κ2) is 8.11. The Kier molecular flexibility index (Phi) is 6.14. The van der Waals surface area contributed by atoms with Gasteiger partial charge in [0.1, 0.15) is 6.54 Å². The first-order valence-corrected chi connectivity index (χ1v) is 8.83. The number of carbonyl (C=O) groups excluding carboxylic acids is 2. The predicted octanol–water partition coefficient (Wildman–Crippen LogP) is 2.26. The highest BCUT2D eigenvalue weighted by atomic mass is 32.1. The average Bonchev–Trinajstić information content (AvgIpc) is 2.87. The van der Waals surface area contributed by atoms with E-state index in [1.807, 2.05) is 39.0 Å². The third-order valence-corrected chi connectivity index (χ3v) is 4.92. The number of aryl methyl sites for hydroxylation is 3.